The van der Waals surface area contributed by atoms with Crippen LogP contribution >= 0.6 is 0 Å². The second-order valence-electron chi connectivity index (χ2n) is 6.77. The Bertz CT molecular complexity index is 406. The molecule has 1 N–H and O–H groups in total. The van der Waals surface area contributed by atoms with Gasteiger partial charge in [-0.2, -0.15) is 0 Å². The normalized spacial score (nSPS) is 19.2. The largest absolute Gasteiger partial charge is 0.497 e. The summed E-state index contributed by atoms with van der Waals surface area (Å²) in [5, 5.41) is 3.83. The van der Waals surface area contributed by atoms with Crippen molar-refractivity contribution in [3.8, 4) is 5.75 Å². The second-order valence-corrected chi connectivity index (χ2v) is 6.77. The second kappa shape index (κ2) is 7.84. The molecule has 1 aliphatic carbocycles. The maximum atomic E-state index is 5.26. The van der Waals surface area contributed by atoms with Crippen molar-refractivity contribution in [2.45, 2.75) is 64.8 Å². The minimum Gasteiger partial charge on any atom is -0.497 e. The number of ether oxygens (including phenoxy) is 1. The molecule has 0 spiro atoms. The molecule has 0 amide bonds. The summed E-state index contributed by atoms with van der Waals surface area (Å²) in [4.78, 5) is 0. The topological polar surface area (TPSA) is 21.3 Å². The molecule has 2 rings (SSSR count). The van der Waals surface area contributed by atoms with Crippen LogP contribution in [-0.2, 0) is 6.42 Å². The first-order valence-electron chi connectivity index (χ1n) is 8.54. The van der Waals surface area contributed by atoms with Crippen LogP contribution in [-0.4, -0.2) is 19.7 Å². The van der Waals surface area contributed by atoms with Gasteiger partial charge in [-0.15, -0.1) is 0 Å². The summed E-state index contributed by atoms with van der Waals surface area (Å²) in [6.07, 6.45) is 9.26. The molecule has 1 aliphatic rings. The minimum absolute atomic E-state index is 0.452. The van der Waals surface area contributed by atoms with Crippen LogP contribution in [0.3, 0.4) is 0 Å². The molecular formula is C19H31NO. The molecule has 1 aromatic carbocycles. The average molecular weight is 289 g/mol. The molecule has 1 aromatic rings. The fourth-order valence-electron chi connectivity index (χ4n) is 3.59. The van der Waals surface area contributed by atoms with Crippen LogP contribution in [0.5, 0.6) is 5.75 Å². The zero-order valence-electron chi connectivity index (χ0n) is 14.0. The maximum absolute atomic E-state index is 5.26. The Morgan fingerprint density at radius 1 is 1.14 bits per heavy atom. The predicted molar refractivity (Wildman–Crippen MR) is 90.0 cm³/mol. The highest BCUT2D eigenvalue weighted by molar-refractivity contribution is 5.28. The third kappa shape index (κ3) is 4.47. The summed E-state index contributed by atoms with van der Waals surface area (Å²) in [5.74, 6) is 0.945. The van der Waals surface area contributed by atoms with Crippen LogP contribution in [0.1, 0.15) is 57.9 Å². The lowest BCUT2D eigenvalue weighted by Gasteiger charge is -2.41. The van der Waals surface area contributed by atoms with E-state index in [-0.39, 0.29) is 0 Å². The monoisotopic (exact) mass is 289 g/mol. The van der Waals surface area contributed by atoms with Crippen LogP contribution in [0.15, 0.2) is 24.3 Å². The molecule has 0 aliphatic heterocycles. The molecule has 118 valence electrons. The van der Waals surface area contributed by atoms with Gasteiger partial charge in [0.05, 0.1) is 7.11 Å². The third-order valence-electron chi connectivity index (χ3n) is 5.08. The molecule has 1 unspecified atom stereocenters. The first kappa shape index (κ1) is 16.4. The van der Waals surface area contributed by atoms with Crippen LogP contribution in [0.4, 0.5) is 0 Å². The molecule has 1 fully saturated rings. The molecule has 1 saturated carbocycles. The molecule has 21 heavy (non-hydrogen) atoms. The van der Waals surface area contributed by atoms with Gasteiger partial charge in [0.2, 0.25) is 0 Å². The van der Waals surface area contributed by atoms with E-state index in [9.17, 15) is 0 Å². The van der Waals surface area contributed by atoms with Gasteiger partial charge in [-0.3, -0.25) is 0 Å². The molecule has 2 heteroatoms. The third-order valence-corrected chi connectivity index (χ3v) is 5.08. The van der Waals surface area contributed by atoms with Crippen molar-refractivity contribution in [1.82, 2.24) is 5.32 Å². The summed E-state index contributed by atoms with van der Waals surface area (Å²) in [7, 11) is 1.73. The molecule has 0 heterocycles. The lowest BCUT2D eigenvalue weighted by atomic mass is 9.69. The summed E-state index contributed by atoms with van der Waals surface area (Å²) in [5.41, 5.74) is 1.86. The van der Waals surface area contributed by atoms with Crippen LogP contribution in [0.25, 0.3) is 0 Å². The summed E-state index contributed by atoms with van der Waals surface area (Å²) < 4.78 is 5.26. The molecular weight excluding hydrogens is 258 g/mol. The quantitative estimate of drug-likeness (QED) is 0.793. The number of hydrogen-bond acceptors (Lipinski definition) is 2. The van der Waals surface area contributed by atoms with E-state index >= 15 is 0 Å². The Hall–Kier alpha value is -1.02. The zero-order valence-corrected chi connectivity index (χ0v) is 14.0. The fourth-order valence-corrected chi connectivity index (χ4v) is 3.59. The Morgan fingerprint density at radius 3 is 2.38 bits per heavy atom. The van der Waals surface area contributed by atoms with Crippen molar-refractivity contribution in [2.24, 2.45) is 5.41 Å². The SMILES string of the molecule is CCCNC(Cc1ccc(OC)cc1)C1(C)CCCCC1. The number of benzene rings is 1. The van der Waals surface area contributed by atoms with Gasteiger partial charge >= 0.3 is 0 Å². The van der Waals surface area contributed by atoms with Gasteiger partial charge in [-0.05, 0) is 55.3 Å². The Morgan fingerprint density at radius 2 is 1.81 bits per heavy atom. The van der Waals surface area contributed by atoms with Gasteiger partial charge in [0.15, 0.2) is 0 Å². The van der Waals surface area contributed by atoms with Gasteiger partial charge in [-0.1, -0.05) is 45.2 Å². The summed E-state index contributed by atoms with van der Waals surface area (Å²) in [6.45, 7) is 5.86. The number of methoxy groups -OCH3 is 1. The van der Waals surface area contributed by atoms with Crippen molar-refractivity contribution in [2.75, 3.05) is 13.7 Å². The summed E-state index contributed by atoms with van der Waals surface area (Å²) in [6, 6.07) is 9.17. The number of rotatable bonds is 7. The van der Waals surface area contributed by atoms with E-state index in [4.69, 9.17) is 4.74 Å². The van der Waals surface area contributed by atoms with E-state index in [1.54, 1.807) is 7.11 Å². The Kier molecular flexibility index (Phi) is 6.10. The molecule has 2 nitrogen and oxygen atoms in total. The van der Waals surface area contributed by atoms with Gasteiger partial charge in [-0.25, -0.2) is 0 Å². The number of nitrogens with one attached hydrogen (secondary N) is 1. The molecule has 0 radical (unpaired) electrons. The first-order chi connectivity index (χ1) is 10.2. The highest BCUT2D eigenvalue weighted by atomic mass is 16.5. The lowest BCUT2D eigenvalue weighted by Crippen LogP contribution is -2.46. The minimum atomic E-state index is 0.452. The smallest absolute Gasteiger partial charge is 0.118 e. The van der Waals surface area contributed by atoms with Crippen molar-refractivity contribution in [3.63, 3.8) is 0 Å². The van der Waals surface area contributed by atoms with Crippen molar-refractivity contribution in [1.29, 1.82) is 0 Å². The van der Waals surface area contributed by atoms with Gasteiger partial charge in [0, 0.05) is 6.04 Å². The predicted octanol–water partition coefficient (Wildman–Crippen LogP) is 4.58. The van der Waals surface area contributed by atoms with E-state index in [2.05, 4.69) is 43.4 Å². The van der Waals surface area contributed by atoms with E-state index in [0.717, 1.165) is 18.7 Å². The van der Waals surface area contributed by atoms with Crippen molar-refractivity contribution >= 4 is 0 Å². The van der Waals surface area contributed by atoms with E-state index in [1.165, 1.54) is 44.1 Å². The lowest BCUT2D eigenvalue weighted by molar-refractivity contribution is 0.143. The average Bonchev–Trinajstić information content (AvgIpc) is 2.52. The van der Waals surface area contributed by atoms with E-state index in [0.29, 0.717) is 11.5 Å². The highest BCUT2D eigenvalue weighted by Crippen LogP contribution is 2.40. The van der Waals surface area contributed by atoms with E-state index in [1.807, 2.05) is 0 Å². The van der Waals surface area contributed by atoms with Crippen LogP contribution < -0.4 is 10.1 Å². The zero-order chi connectivity index (χ0) is 15.1. The standard InChI is InChI=1S/C19H31NO/c1-4-14-20-18(19(2)12-6-5-7-13-19)15-16-8-10-17(21-3)11-9-16/h8-11,18,20H,4-7,12-15H2,1-3H3. The van der Waals surface area contributed by atoms with Gasteiger partial charge < -0.3 is 10.1 Å². The van der Waals surface area contributed by atoms with Crippen molar-refractivity contribution < 1.29 is 4.74 Å². The first-order valence-corrected chi connectivity index (χ1v) is 8.54. The number of hydrogen-bond donors (Lipinski definition) is 1. The molecule has 0 aromatic heterocycles. The molecule has 0 saturated heterocycles. The fraction of sp³-hybridized carbons (Fsp3) is 0.684. The Balaban J connectivity index is 2.07. The molecule has 0 bridgehead atoms. The van der Waals surface area contributed by atoms with Gasteiger partial charge in [0.1, 0.15) is 5.75 Å². The summed E-state index contributed by atoms with van der Waals surface area (Å²) >= 11 is 0. The van der Waals surface area contributed by atoms with Crippen LogP contribution in [0, 0.1) is 5.41 Å². The van der Waals surface area contributed by atoms with Crippen molar-refractivity contribution in [3.05, 3.63) is 29.8 Å². The van der Waals surface area contributed by atoms with Crippen LogP contribution in [0.2, 0.25) is 0 Å². The Labute approximate surface area is 130 Å². The van der Waals surface area contributed by atoms with E-state index < -0.39 is 0 Å². The van der Waals surface area contributed by atoms with Gasteiger partial charge in [0.25, 0.3) is 0 Å². The maximum Gasteiger partial charge on any atom is 0.118 e. The molecule has 1 atom stereocenters. The highest BCUT2D eigenvalue weighted by Gasteiger charge is 2.34.